The summed E-state index contributed by atoms with van der Waals surface area (Å²) in [7, 11) is 0. The summed E-state index contributed by atoms with van der Waals surface area (Å²) in [5.74, 6) is 0. The molecule has 3 rings (SSSR count). The highest BCUT2D eigenvalue weighted by Crippen LogP contribution is 2.25. The second kappa shape index (κ2) is 5.08. The molecule has 2 aliphatic heterocycles. The highest BCUT2D eigenvalue weighted by molar-refractivity contribution is 4.96. The Morgan fingerprint density at radius 3 is 2.78 bits per heavy atom. The van der Waals surface area contributed by atoms with Crippen LogP contribution in [-0.2, 0) is 0 Å². The van der Waals surface area contributed by atoms with E-state index < -0.39 is 0 Å². The lowest BCUT2D eigenvalue weighted by molar-refractivity contribution is 0.0612. The van der Waals surface area contributed by atoms with Crippen LogP contribution in [-0.4, -0.2) is 71.9 Å². The molecule has 104 valence electrons. The number of aliphatic hydroxyl groups is 1. The summed E-state index contributed by atoms with van der Waals surface area (Å²) in [4.78, 5) is 5.19. The molecule has 2 heterocycles. The van der Waals surface area contributed by atoms with Crippen molar-refractivity contribution >= 4 is 0 Å². The van der Waals surface area contributed by atoms with Crippen LogP contribution in [0.25, 0.3) is 0 Å². The van der Waals surface area contributed by atoms with Crippen LogP contribution in [0.2, 0.25) is 0 Å². The molecule has 0 radical (unpaired) electrons. The van der Waals surface area contributed by atoms with Crippen molar-refractivity contribution in [1.29, 1.82) is 0 Å². The van der Waals surface area contributed by atoms with E-state index in [9.17, 15) is 5.11 Å². The van der Waals surface area contributed by atoms with Gasteiger partial charge in [-0.1, -0.05) is 0 Å². The van der Waals surface area contributed by atoms with Crippen molar-refractivity contribution in [3.05, 3.63) is 0 Å². The third-order valence-corrected chi connectivity index (χ3v) is 4.72. The first-order valence-electron chi connectivity index (χ1n) is 7.53. The number of rotatable bonds is 5. The summed E-state index contributed by atoms with van der Waals surface area (Å²) < 4.78 is 0. The van der Waals surface area contributed by atoms with E-state index in [2.05, 4.69) is 22.0 Å². The number of aliphatic hydroxyl groups excluding tert-OH is 1. The van der Waals surface area contributed by atoms with Crippen molar-refractivity contribution in [2.24, 2.45) is 0 Å². The van der Waals surface area contributed by atoms with E-state index in [1.807, 2.05) is 0 Å². The first kappa shape index (κ1) is 12.9. The van der Waals surface area contributed by atoms with Gasteiger partial charge in [0, 0.05) is 38.3 Å². The number of nitrogens with zero attached hydrogens (tertiary/aromatic N) is 2. The molecule has 1 aliphatic carbocycles. The van der Waals surface area contributed by atoms with E-state index in [1.165, 1.54) is 51.9 Å². The molecule has 0 spiro atoms. The van der Waals surface area contributed by atoms with Crippen LogP contribution in [0.1, 0.15) is 32.6 Å². The molecule has 3 aliphatic rings. The summed E-state index contributed by atoms with van der Waals surface area (Å²) in [6.07, 6.45) is 5.30. The van der Waals surface area contributed by atoms with Gasteiger partial charge in [0.25, 0.3) is 0 Å². The van der Waals surface area contributed by atoms with Gasteiger partial charge in [-0.2, -0.15) is 0 Å². The Labute approximate surface area is 110 Å². The topological polar surface area (TPSA) is 38.7 Å². The Bertz CT molecular complexity index is 295. The minimum atomic E-state index is -0.109. The molecule has 18 heavy (non-hydrogen) atoms. The molecule has 0 aromatic heterocycles. The van der Waals surface area contributed by atoms with Crippen LogP contribution in [0, 0.1) is 0 Å². The van der Waals surface area contributed by atoms with Gasteiger partial charge in [-0.3, -0.25) is 9.80 Å². The third-order valence-electron chi connectivity index (χ3n) is 4.72. The minimum Gasteiger partial charge on any atom is -0.394 e. The number of nitrogens with one attached hydrogen (secondary N) is 1. The highest BCUT2D eigenvalue weighted by atomic mass is 16.3. The van der Waals surface area contributed by atoms with Gasteiger partial charge in [0.15, 0.2) is 0 Å². The van der Waals surface area contributed by atoms with E-state index in [0.717, 1.165) is 12.6 Å². The Morgan fingerprint density at radius 1 is 1.22 bits per heavy atom. The Morgan fingerprint density at radius 2 is 2.06 bits per heavy atom. The average Bonchev–Trinajstić information content (AvgIpc) is 3.04. The molecule has 2 atom stereocenters. The van der Waals surface area contributed by atoms with Gasteiger partial charge in [0.1, 0.15) is 0 Å². The summed E-state index contributed by atoms with van der Waals surface area (Å²) in [5.41, 5.74) is -0.109. The van der Waals surface area contributed by atoms with E-state index in [0.29, 0.717) is 6.04 Å². The molecule has 1 saturated carbocycles. The largest absolute Gasteiger partial charge is 0.394 e. The third kappa shape index (κ3) is 2.87. The predicted molar refractivity (Wildman–Crippen MR) is 72.7 cm³/mol. The van der Waals surface area contributed by atoms with Gasteiger partial charge in [-0.15, -0.1) is 0 Å². The lowest BCUT2D eigenvalue weighted by Crippen LogP contribution is -2.59. The maximum Gasteiger partial charge on any atom is 0.0623 e. The molecule has 0 aromatic carbocycles. The molecule has 4 heteroatoms. The normalized spacial score (nSPS) is 33.3. The molecule has 4 nitrogen and oxygen atoms in total. The number of hydrogen-bond acceptors (Lipinski definition) is 4. The van der Waals surface area contributed by atoms with Crippen molar-refractivity contribution in [2.45, 2.75) is 50.2 Å². The summed E-state index contributed by atoms with van der Waals surface area (Å²) in [5, 5.41) is 13.3. The van der Waals surface area contributed by atoms with E-state index in [4.69, 9.17) is 0 Å². The summed E-state index contributed by atoms with van der Waals surface area (Å²) >= 11 is 0. The van der Waals surface area contributed by atoms with Crippen LogP contribution < -0.4 is 5.32 Å². The number of piperazine rings is 1. The fraction of sp³-hybridized carbons (Fsp3) is 1.00. The second-order valence-corrected chi connectivity index (χ2v) is 6.70. The average molecular weight is 253 g/mol. The fourth-order valence-corrected chi connectivity index (χ4v) is 3.55. The van der Waals surface area contributed by atoms with Crippen molar-refractivity contribution in [3.8, 4) is 0 Å². The minimum absolute atomic E-state index is 0.109. The van der Waals surface area contributed by atoms with Gasteiger partial charge in [0.05, 0.1) is 12.1 Å². The first-order valence-corrected chi connectivity index (χ1v) is 7.53. The maximum absolute atomic E-state index is 9.68. The quantitative estimate of drug-likeness (QED) is 0.738. The van der Waals surface area contributed by atoms with Crippen LogP contribution >= 0.6 is 0 Å². The van der Waals surface area contributed by atoms with Crippen LogP contribution in [0.3, 0.4) is 0 Å². The van der Waals surface area contributed by atoms with Crippen molar-refractivity contribution < 1.29 is 5.11 Å². The van der Waals surface area contributed by atoms with Crippen molar-refractivity contribution in [3.63, 3.8) is 0 Å². The maximum atomic E-state index is 9.68. The number of hydrogen-bond donors (Lipinski definition) is 2. The molecule has 2 N–H and O–H groups in total. The lowest BCUT2D eigenvalue weighted by atomic mass is 10.0. The first-order chi connectivity index (χ1) is 8.68. The zero-order valence-electron chi connectivity index (χ0n) is 11.6. The second-order valence-electron chi connectivity index (χ2n) is 6.70. The Kier molecular flexibility index (Phi) is 3.63. The van der Waals surface area contributed by atoms with Crippen LogP contribution in [0.4, 0.5) is 0 Å². The smallest absolute Gasteiger partial charge is 0.0623 e. The predicted octanol–water partition coefficient (Wildman–Crippen LogP) is 0.269. The van der Waals surface area contributed by atoms with Crippen molar-refractivity contribution in [1.82, 2.24) is 15.1 Å². The fourth-order valence-electron chi connectivity index (χ4n) is 3.55. The monoisotopic (exact) mass is 253 g/mol. The van der Waals surface area contributed by atoms with Gasteiger partial charge in [-0.25, -0.2) is 0 Å². The van der Waals surface area contributed by atoms with Gasteiger partial charge >= 0.3 is 0 Å². The number of fused-ring (bicyclic) bond motifs is 1. The van der Waals surface area contributed by atoms with E-state index in [-0.39, 0.29) is 12.1 Å². The van der Waals surface area contributed by atoms with Gasteiger partial charge in [-0.05, 0) is 39.2 Å². The van der Waals surface area contributed by atoms with Crippen LogP contribution in [0.5, 0.6) is 0 Å². The standard InChI is InChI=1S/C14H27N3O/c1-14(11-18,15-12-4-5-12)10-16-7-8-17-6-2-3-13(17)9-16/h12-13,15,18H,2-11H2,1H3. The van der Waals surface area contributed by atoms with Crippen molar-refractivity contribution in [2.75, 3.05) is 39.3 Å². The molecule has 2 saturated heterocycles. The Balaban J connectivity index is 1.54. The molecular weight excluding hydrogens is 226 g/mol. The molecular formula is C14H27N3O. The van der Waals surface area contributed by atoms with Crippen LogP contribution in [0.15, 0.2) is 0 Å². The zero-order chi connectivity index (χ0) is 12.6. The highest BCUT2D eigenvalue weighted by Gasteiger charge is 2.36. The van der Waals surface area contributed by atoms with Gasteiger partial charge in [0.2, 0.25) is 0 Å². The summed E-state index contributed by atoms with van der Waals surface area (Å²) in [6.45, 7) is 8.29. The van der Waals surface area contributed by atoms with E-state index in [1.54, 1.807) is 0 Å². The summed E-state index contributed by atoms with van der Waals surface area (Å²) in [6, 6.07) is 1.44. The Hall–Kier alpha value is -0.160. The lowest BCUT2D eigenvalue weighted by Gasteiger charge is -2.42. The SMILES string of the molecule is CC(CO)(CN1CCN2CCCC2C1)NC1CC1. The van der Waals surface area contributed by atoms with Gasteiger partial charge < -0.3 is 10.4 Å². The molecule has 2 unspecified atom stereocenters. The molecule has 0 bridgehead atoms. The van der Waals surface area contributed by atoms with E-state index >= 15 is 0 Å². The molecule has 3 fully saturated rings. The molecule has 0 aromatic rings. The molecule has 0 amide bonds. The zero-order valence-corrected chi connectivity index (χ0v) is 11.6.